The van der Waals surface area contributed by atoms with Gasteiger partial charge in [-0.15, -0.1) is 0 Å². The first-order valence-electron chi connectivity index (χ1n) is 5.18. The summed E-state index contributed by atoms with van der Waals surface area (Å²) in [6.45, 7) is 3.29. The van der Waals surface area contributed by atoms with Crippen LogP contribution in [0, 0.1) is 6.92 Å². The lowest BCUT2D eigenvalue weighted by Crippen LogP contribution is -2.31. The third kappa shape index (κ3) is 1.04. The van der Waals surface area contributed by atoms with E-state index >= 15 is 0 Å². The zero-order valence-electron chi connectivity index (χ0n) is 8.34. The van der Waals surface area contributed by atoms with E-state index in [4.69, 9.17) is 12.2 Å². The van der Waals surface area contributed by atoms with Crippen molar-refractivity contribution in [3.63, 3.8) is 0 Å². The van der Waals surface area contributed by atoms with E-state index in [-0.39, 0.29) is 0 Å². The minimum absolute atomic E-state index is 1.06. The van der Waals surface area contributed by atoms with Gasteiger partial charge in [0.05, 0.1) is 4.99 Å². The van der Waals surface area contributed by atoms with Gasteiger partial charge in [-0.05, 0) is 30.9 Å². The average molecular weight is 203 g/mol. The molecule has 2 heterocycles. The summed E-state index contributed by atoms with van der Waals surface area (Å²) in [6, 6.07) is 4.63. The topological polar surface area (TPSA) is 3.24 Å². The monoisotopic (exact) mass is 203 g/mol. The summed E-state index contributed by atoms with van der Waals surface area (Å²) < 4.78 is 0. The molecule has 0 fully saturated rings. The summed E-state index contributed by atoms with van der Waals surface area (Å²) in [4.78, 5) is 3.48. The smallest absolute Gasteiger partial charge is 0.0827 e. The molecule has 0 aromatic heterocycles. The maximum atomic E-state index is 5.39. The summed E-state index contributed by atoms with van der Waals surface area (Å²) in [7, 11) is 0. The van der Waals surface area contributed by atoms with Crippen LogP contribution in [0.5, 0.6) is 0 Å². The van der Waals surface area contributed by atoms with Crippen molar-refractivity contribution >= 4 is 22.9 Å². The molecule has 2 heteroatoms. The Morgan fingerprint density at radius 2 is 1.86 bits per heavy atom. The van der Waals surface area contributed by atoms with Gasteiger partial charge < -0.3 is 4.90 Å². The molecule has 0 unspecified atom stereocenters. The van der Waals surface area contributed by atoms with Crippen LogP contribution in [0.3, 0.4) is 0 Å². The summed E-state index contributed by atoms with van der Waals surface area (Å²) in [5, 5.41) is 0. The second-order valence-electron chi connectivity index (χ2n) is 4.23. The lowest BCUT2D eigenvalue weighted by molar-refractivity contribution is 0.942. The third-order valence-electron chi connectivity index (χ3n) is 3.20. The van der Waals surface area contributed by atoms with Crippen molar-refractivity contribution in [3.05, 3.63) is 28.8 Å². The average Bonchev–Trinajstić information content (AvgIpc) is 2.56. The fourth-order valence-electron chi connectivity index (χ4n) is 2.63. The van der Waals surface area contributed by atoms with Gasteiger partial charge in [0, 0.05) is 18.7 Å². The van der Waals surface area contributed by atoms with Gasteiger partial charge in [-0.1, -0.05) is 29.9 Å². The molecule has 0 atom stereocenters. The Balaban J connectivity index is 2.24. The van der Waals surface area contributed by atoms with E-state index in [2.05, 4.69) is 24.0 Å². The highest BCUT2D eigenvalue weighted by Gasteiger charge is 2.28. The standard InChI is InChI=1S/C12H13NS/c1-8-6-9-2-3-11(14)13-5-4-10(7-8)12(9)13/h6-7H,2-5H2,1H3. The molecule has 1 aromatic carbocycles. The number of thiocarbonyl (C=S) groups is 1. The molecule has 0 radical (unpaired) electrons. The SMILES string of the molecule is Cc1cc2c3c(c1)CCN3C(=S)CC2. The van der Waals surface area contributed by atoms with Gasteiger partial charge in [0.15, 0.2) is 0 Å². The van der Waals surface area contributed by atoms with E-state index in [0.29, 0.717) is 0 Å². The van der Waals surface area contributed by atoms with E-state index in [9.17, 15) is 0 Å². The molecule has 0 saturated heterocycles. The highest BCUT2D eigenvalue weighted by Crippen LogP contribution is 2.37. The van der Waals surface area contributed by atoms with E-state index in [1.54, 1.807) is 0 Å². The van der Waals surface area contributed by atoms with Crippen molar-refractivity contribution in [1.82, 2.24) is 0 Å². The van der Waals surface area contributed by atoms with Crippen molar-refractivity contribution in [2.75, 3.05) is 11.4 Å². The molecule has 1 aromatic rings. The second-order valence-corrected chi connectivity index (χ2v) is 4.70. The molecule has 1 nitrogen and oxygen atoms in total. The molecule has 0 amide bonds. The van der Waals surface area contributed by atoms with Gasteiger partial charge in [-0.25, -0.2) is 0 Å². The van der Waals surface area contributed by atoms with Crippen LogP contribution in [0.2, 0.25) is 0 Å². The second kappa shape index (κ2) is 2.80. The predicted octanol–water partition coefficient (Wildman–Crippen LogP) is 2.63. The van der Waals surface area contributed by atoms with Crippen LogP contribution < -0.4 is 4.90 Å². The van der Waals surface area contributed by atoms with Crippen molar-refractivity contribution in [2.45, 2.75) is 26.2 Å². The molecular weight excluding hydrogens is 190 g/mol. The third-order valence-corrected chi connectivity index (χ3v) is 3.62. The normalized spacial score (nSPS) is 18.6. The van der Waals surface area contributed by atoms with Crippen molar-refractivity contribution < 1.29 is 0 Å². The quantitative estimate of drug-likeness (QED) is 0.596. The molecule has 0 aliphatic carbocycles. The number of hydrogen-bond donors (Lipinski definition) is 0. The van der Waals surface area contributed by atoms with Gasteiger partial charge in [0.2, 0.25) is 0 Å². The van der Waals surface area contributed by atoms with Gasteiger partial charge >= 0.3 is 0 Å². The van der Waals surface area contributed by atoms with Crippen LogP contribution in [-0.2, 0) is 12.8 Å². The molecule has 2 aliphatic rings. The number of hydrogen-bond acceptors (Lipinski definition) is 1. The Labute approximate surface area is 89.7 Å². The highest BCUT2D eigenvalue weighted by molar-refractivity contribution is 7.80. The molecule has 0 spiro atoms. The Bertz CT molecular complexity index is 423. The lowest BCUT2D eigenvalue weighted by Gasteiger charge is -2.28. The molecule has 14 heavy (non-hydrogen) atoms. The zero-order valence-corrected chi connectivity index (χ0v) is 9.16. The number of benzene rings is 1. The van der Waals surface area contributed by atoms with Crippen LogP contribution >= 0.6 is 12.2 Å². The molecule has 0 saturated carbocycles. The van der Waals surface area contributed by atoms with Gasteiger partial charge in [0.25, 0.3) is 0 Å². The van der Waals surface area contributed by atoms with E-state index in [1.807, 2.05) is 0 Å². The first-order chi connectivity index (χ1) is 6.75. The highest BCUT2D eigenvalue weighted by atomic mass is 32.1. The molecular formula is C12H13NS. The Morgan fingerprint density at radius 1 is 1.14 bits per heavy atom. The van der Waals surface area contributed by atoms with Gasteiger partial charge in [-0.3, -0.25) is 0 Å². The summed E-state index contributed by atoms with van der Waals surface area (Å²) in [5.41, 5.74) is 5.84. The predicted molar refractivity (Wildman–Crippen MR) is 63.1 cm³/mol. The van der Waals surface area contributed by atoms with Crippen LogP contribution in [0.1, 0.15) is 23.1 Å². The Kier molecular flexibility index (Phi) is 1.68. The minimum atomic E-state index is 1.06. The number of anilines is 1. The Hall–Kier alpha value is -0.890. The molecule has 2 aliphatic heterocycles. The molecule has 0 bridgehead atoms. The number of rotatable bonds is 0. The van der Waals surface area contributed by atoms with Crippen molar-refractivity contribution in [3.8, 4) is 0 Å². The van der Waals surface area contributed by atoms with Crippen LogP contribution in [0.15, 0.2) is 12.1 Å². The molecule has 0 N–H and O–H groups in total. The first kappa shape index (κ1) is 8.42. The van der Waals surface area contributed by atoms with E-state index in [1.165, 1.54) is 28.8 Å². The van der Waals surface area contributed by atoms with Crippen LogP contribution in [-0.4, -0.2) is 11.5 Å². The fraction of sp³-hybridized carbons (Fsp3) is 0.417. The lowest BCUT2D eigenvalue weighted by atomic mass is 9.97. The van der Waals surface area contributed by atoms with Crippen LogP contribution in [0.25, 0.3) is 0 Å². The van der Waals surface area contributed by atoms with E-state index in [0.717, 1.165) is 24.4 Å². The summed E-state index contributed by atoms with van der Waals surface area (Å²) in [6.07, 6.45) is 3.37. The first-order valence-corrected chi connectivity index (χ1v) is 5.59. The zero-order chi connectivity index (χ0) is 9.71. The van der Waals surface area contributed by atoms with Gasteiger partial charge in [-0.2, -0.15) is 0 Å². The maximum absolute atomic E-state index is 5.39. The number of aryl methyl sites for hydroxylation is 2. The summed E-state index contributed by atoms with van der Waals surface area (Å²) in [5.74, 6) is 0. The summed E-state index contributed by atoms with van der Waals surface area (Å²) >= 11 is 5.39. The number of nitrogens with zero attached hydrogens (tertiary/aromatic N) is 1. The van der Waals surface area contributed by atoms with Crippen LogP contribution in [0.4, 0.5) is 5.69 Å². The Morgan fingerprint density at radius 3 is 2.64 bits per heavy atom. The fourth-order valence-corrected chi connectivity index (χ4v) is 2.92. The van der Waals surface area contributed by atoms with Crippen molar-refractivity contribution in [1.29, 1.82) is 0 Å². The van der Waals surface area contributed by atoms with Crippen molar-refractivity contribution in [2.24, 2.45) is 0 Å². The largest absolute Gasteiger partial charge is 0.335 e. The van der Waals surface area contributed by atoms with E-state index < -0.39 is 0 Å². The molecule has 72 valence electrons. The molecule has 3 rings (SSSR count). The van der Waals surface area contributed by atoms with Gasteiger partial charge in [0.1, 0.15) is 0 Å². The maximum Gasteiger partial charge on any atom is 0.0827 e. The minimum Gasteiger partial charge on any atom is -0.335 e.